The molecule has 2 fully saturated rings. The van der Waals surface area contributed by atoms with Crippen molar-refractivity contribution in [3.8, 4) is 11.5 Å². The molecule has 0 unspecified atom stereocenters. The van der Waals surface area contributed by atoms with E-state index in [1.54, 1.807) is 23.1 Å². The van der Waals surface area contributed by atoms with Crippen molar-refractivity contribution in [2.75, 3.05) is 50.0 Å². The highest BCUT2D eigenvalue weighted by atomic mass is 32.1. The van der Waals surface area contributed by atoms with Gasteiger partial charge in [-0.05, 0) is 48.8 Å². The van der Waals surface area contributed by atoms with Gasteiger partial charge in [0, 0.05) is 56.2 Å². The van der Waals surface area contributed by atoms with Crippen LogP contribution < -0.4 is 20.7 Å². The van der Waals surface area contributed by atoms with Gasteiger partial charge < -0.3 is 25.0 Å². The van der Waals surface area contributed by atoms with E-state index in [1.807, 2.05) is 30.3 Å². The fourth-order valence-corrected chi connectivity index (χ4v) is 5.24. The Bertz CT molecular complexity index is 1400. The smallest absolute Gasteiger partial charge is 0.323 e. The van der Waals surface area contributed by atoms with Crippen LogP contribution in [0.2, 0.25) is 0 Å². The lowest BCUT2D eigenvalue weighted by Gasteiger charge is -2.39. The summed E-state index contributed by atoms with van der Waals surface area (Å²) in [4.78, 5) is 33.5. The highest BCUT2D eigenvalue weighted by molar-refractivity contribution is 7.80. The summed E-state index contributed by atoms with van der Waals surface area (Å²) in [6, 6.07) is 16.9. The maximum Gasteiger partial charge on any atom is 0.323 e. The molecule has 12 heteroatoms. The van der Waals surface area contributed by atoms with Gasteiger partial charge in [-0.25, -0.2) is 14.2 Å². The third kappa shape index (κ3) is 8.21. The molecular weight excluding hydrogens is 559 g/mol. The van der Waals surface area contributed by atoms with Crippen molar-refractivity contribution < 1.29 is 23.5 Å². The molecule has 1 aromatic heterocycles. The number of amides is 3. The Morgan fingerprint density at radius 1 is 1.00 bits per heavy atom. The SMILES string of the molecule is O=C(Cc1ccccc1)NC(=S)Nc1ccc(Oc2ccnc(NC(=O)N3CCC(N4CCOCC4)CC3)c2)c(F)c1. The van der Waals surface area contributed by atoms with Gasteiger partial charge in [0.1, 0.15) is 11.6 Å². The summed E-state index contributed by atoms with van der Waals surface area (Å²) in [7, 11) is 0. The minimum absolute atomic E-state index is 0.0201. The molecule has 0 aliphatic carbocycles. The first kappa shape index (κ1) is 29.4. The first-order chi connectivity index (χ1) is 20.4. The minimum Gasteiger partial charge on any atom is -0.454 e. The summed E-state index contributed by atoms with van der Waals surface area (Å²) in [5, 5.41) is 8.27. The molecule has 42 heavy (non-hydrogen) atoms. The molecule has 0 atom stereocenters. The van der Waals surface area contributed by atoms with Crippen molar-refractivity contribution in [3.63, 3.8) is 0 Å². The minimum atomic E-state index is -0.635. The highest BCUT2D eigenvalue weighted by Crippen LogP contribution is 2.28. The van der Waals surface area contributed by atoms with E-state index in [0.717, 1.165) is 44.7 Å². The van der Waals surface area contributed by atoms with Gasteiger partial charge in [-0.1, -0.05) is 30.3 Å². The van der Waals surface area contributed by atoms with Gasteiger partial charge in [0.25, 0.3) is 0 Å². The quantitative estimate of drug-likeness (QED) is 0.347. The van der Waals surface area contributed by atoms with Crippen LogP contribution in [-0.4, -0.2) is 77.3 Å². The first-order valence-corrected chi connectivity index (χ1v) is 14.3. The number of hydrogen-bond acceptors (Lipinski definition) is 7. The van der Waals surface area contributed by atoms with E-state index in [9.17, 15) is 14.0 Å². The molecule has 2 saturated heterocycles. The maximum absolute atomic E-state index is 14.9. The Balaban J connectivity index is 1.10. The zero-order valence-electron chi connectivity index (χ0n) is 23.1. The third-order valence-corrected chi connectivity index (χ3v) is 7.36. The molecule has 220 valence electrons. The molecule has 2 aromatic carbocycles. The first-order valence-electron chi connectivity index (χ1n) is 13.9. The van der Waals surface area contributed by atoms with Crippen molar-refractivity contribution >= 4 is 40.8 Å². The maximum atomic E-state index is 14.9. The summed E-state index contributed by atoms with van der Waals surface area (Å²) in [5.74, 6) is -0.313. The second kappa shape index (κ2) is 14.2. The molecule has 0 spiro atoms. The number of benzene rings is 2. The number of likely N-dealkylation sites (tertiary alicyclic amines) is 1. The Morgan fingerprint density at radius 2 is 1.76 bits per heavy atom. The largest absolute Gasteiger partial charge is 0.454 e. The van der Waals surface area contributed by atoms with Crippen molar-refractivity contribution in [2.45, 2.75) is 25.3 Å². The number of hydrogen-bond donors (Lipinski definition) is 3. The lowest BCUT2D eigenvalue weighted by atomic mass is 10.0. The Labute approximate surface area is 249 Å². The molecule has 5 rings (SSSR count). The molecule has 3 amide bonds. The van der Waals surface area contributed by atoms with Gasteiger partial charge in [-0.2, -0.15) is 0 Å². The van der Waals surface area contributed by atoms with E-state index in [-0.39, 0.29) is 29.2 Å². The molecule has 0 radical (unpaired) electrons. The van der Waals surface area contributed by atoms with Crippen molar-refractivity contribution in [1.29, 1.82) is 0 Å². The molecule has 0 saturated carbocycles. The number of ether oxygens (including phenoxy) is 2. The molecule has 0 bridgehead atoms. The number of aromatic nitrogens is 1. The topological polar surface area (TPSA) is 108 Å². The number of nitrogens with one attached hydrogen (secondary N) is 3. The van der Waals surface area contributed by atoms with Crippen molar-refractivity contribution in [2.24, 2.45) is 0 Å². The number of piperidine rings is 1. The van der Waals surface area contributed by atoms with Crippen LogP contribution >= 0.6 is 12.2 Å². The Hall–Kier alpha value is -4.13. The average molecular weight is 593 g/mol. The fraction of sp³-hybridized carbons (Fsp3) is 0.333. The normalized spacial score (nSPS) is 16.0. The number of urea groups is 1. The van der Waals surface area contributed by atoms with E-state index in [4.69, 9.17) is 21.7 Å². The zero-order chi connectivity index (χ0) is 29.3. The molecule has 2 aliphatic heterocycles. The fourth-order valence-electron chi connectivity index (χ4n) is 5.01. The summed E-state index contributed by atoms with van der Waals surface area (Å²) in [5.41, 5.74) is 1.21. The summed E-state index contributed by atoms with van der Waals surface area (Å²) in [6.07, 6.45) is 3.49. The number of pyridine rings is 1. The van der Waals surface area contributed by atoms with Crippen LogP contribution in [0.3, 0.4) is 0 Å². The summed E-state index contributed by atoms with van der Waals surface area (Å²) < 4.78 is 26.0. The standard InChI is InChI=1S/C30H33FN6O4S/c31-25-19-22(33-29(42)35-28(38)18-21-4-2-1-3-5-21)6-7-26(25)41-24-8-11-32-27(20-24)34-30(39)37-12-9-23(10-13-37)36-14-16-40-17-15-36/h1-8,11,19-20,23H,9-10,12-18H2,(H,32,34,39)(H2,33,35,38,42). The Kier molecular flexibility index (Phi) is 9.90. The number of carbonyl (C=O) groups excluding carboxylic acids is 2. The van der Waals surface area contributed by atoms with Crippen LogP contribution in [-0.2, 0) is 16.0 Å². The van der Waals surface area contributed by atoms with E-state index >= 15 is 0 Å². The number of thiocarbonyl (C=S) groups is 1. The van der Waals surface area contributed by atoms with Crippen LogP contribution in [0.5, 0.6) is 11.5 Å². The summed E-state index contributed by atoms with van der Waals surface area (Å²) in [6.45, 7) is 4.73. The van der Waals surface area contributed by atoms with Crippen LogP contribution in [0.1, 0.15) is 18.4 Å². The van der Waals surface area contributed by atoms with Gasteiger partial charge in [0.15, 0.2) is 16.7 Å². The van der Waals surface area contributed by atoms with Crippen LogP contribution in [0.4, 0.5) is 20.7 Å². The van der Waals surface area contributed by atoms with Gasteiger partial charge in [0.05, 0.1) is 19.6 Å². The second-order valence-corrected chi connectivity index (χ2v) is 10.5. The van der Waals surface area contributed by atoms with E-state index < -0.39 is 5.82 Å². The average Bonchev–Trinajstić information content (AvgIpc) is 2.99. The van der Waals surface area contributed by atoms with Gasteiger partial charge in [-0.3, -0.25) is 15.0 Å². The number of carbonyl (C=O) groups is 2. The van der Waals surface area contributed by atoms with Crippen LogP contribution in [0.15, 0.2) is 66.9 Å². The summed E-state index contributed by atoms with van der Waals surface area (Å²) >= 11 is 5.19. The van der Waals surface area contributed by atoms with E-state index in [1.165, 1.54) is 18.3 Å². The van der Waals surface area contributed by atoms with E-state index in [0.29, 0.717) is 36.4 Å². The van der Waals surface area contributed by atoms with Gasteiger partial charge >= 0.3 is 6.03 Å². The Morgan fingerprint density at radius 3 is 2.50 bits per heavy atom. The van der Waals surface area contributed by atoms with Crippen molar-refractivity contribution in [3.05, 3.63) is 78.2 Å². The lowest BCUT2D eigenvalue weighted by molar-refractivity contribution is -0.119. The number of halogens is 1. The van der Waals surface area contributed by atoms with Gasteiger partial charge in [0.2, 0.25) is 5.91 Å². The third-order valence-electron chi connectivity index (χ3n) is 7.16. The highest BCUT2D eigenvalue weighted by Gasteiger charge is 2.28. The molecule has 10 nitrogen and oxygen atoms in total. The zero-order valence-corrected chi connectivity index (χ0v) is 23.9. The number of rotatable bonds is 7. The van der Waals surface area contributed by atoms with Gasteiger partial charge in [-0.15, -0.1) is 0 Å². The molecule has 3 aromatic rings. The predicted molar refractivity (Wildman–Crippen MR) is 161 cm³/mol. The van der Waals surface area contributed by atoms with Crippen molar-refractivity contribution in [1.82, 2.24) is 20.1 Å². The number of morpholine rings is 1. The second-order valence-electron chi connectivity index (χ2n) is 10.1. The lowest BCUT2D eigenvalue weighted by Crippen LogP contribution is -2.50. The van der Waals surface area contributed by atoms with Crippen LogP contribution in [0.25, 0.3) is 0 Å². The molecule has 3 heterocycles. The van der Waals surface area contributed by atoms with Crippen LogP contribution in [0, 0.1) is 5.82 Å². The number of anilines is 2. The monoisotopic (exact) mass is 592 g/mol. The predicted octanol–water partition coefficient (Wildman–Crippen LogP) is 4.40. The molecular formula is C30H33FN6O4S. The molecule has 2 aliphatic rings. The van der Waals surface area contributed by atoms with E-state index in [2.05, 4.69) is 25.8 Å². The molecule has 3 N–H and O–H groups in total. The number of nitrogens with zero attached hydrogens (tertiary/aromatic N) is 3.